The molecule has 0 spiro atoms. The van der Waals surface area contributed by atoms with Gasteiger partial charge in [-0.1, -0.05) is 56.3 Å². The minimum Gasteiger partial charge on any atom is -0.459 e. The third-order valence-electron chi connectivity index (χ3n) is 17.8. The highest BCUT2D eigenvalue weighted by Crippen LogP contribution is 2.41. The zero-order valence-electron chi connectivity index (χ0n) is 49.7. The minimum atomic E-state index is -1.86. The SMILES string of the molecule is CC[C@H]1OC(=O)[C@H](C)[C@@H](OC2C[C@@](C)(OC)[C@@H](O)[C@H](C)O2)[C@H](C)[C@@H](O[C@@H]2O[C@H](C)C[C@H](N(C)CCc3cn([C@H](CF)[C@H](OC)c4ccc(C5=CCN(C(=O)CO)CC5)cc4)nn3)[C@H]2O)[C@](C)(O)C[C@@H](C)CN(C)[C@H](C)[C@@H](O)[C@]1(C)O. The van der Waals surface area contributed by atoms with E-state index in [1.54, 1.807) is 59.6 Å². The number of benzene rings is 1. The molecule has 0 radical (unpaired) electrons. The molecule has 0 saturated carbocycles. The standard InChI is InChI=1S/C58H95FN6O15/c1-15-45-58(10,73)51(69)37(6)63(12)30-33(2)27-56(8,72)53(35(4)49(36(5)54(71)78-45)79-47-28-57(9,75-14)52(70)38(7)77-47)80-55-48(68)43(26-34(3)76-55)62(11)23-22-42-31-65(61-60-42)44(29-59)50(74-13)41-18-16-39(17-19-41)40-20-24-64(25-21-40)46(67)32-66/h16-20,31,33-38,43-45,47-53,55,66,68-70,72-73H,15,21-30,32H2,1-14H3/t33-,34-,35+,36-,37-,38+,43+,44-,45-,47?,48-,49+,50-,51-,52+,53-,55+,56-,57-,58-/m1/s1. The predicted octanol–water partition coefficient (Wildman–Crippen LogP) is 3.61. The summed E-state index contributed by atoms with van der Waals surface area (Å²) >= 11 is 0. The number of cyclic esters (lactones) is 1. The predicted molar refractivity (Wildman–Crippen MR) is 294 cm³/mol. The van der Waals surface area contributed by atoms with E-state index in [0.29, 0.717) is 51.1 Å². The maximum Gasteiger partial charge on any atom is 0.311 e. The van der Waals surface area contributed by atoms with Crippen LogP contribution in [0.5, 0.6) is 0 Å². The van der Waals surface area contributed by atoms with Crippen molar-refractivity contribution in [1.82, 2.24) is 29.7 Å². The minimum absolute atomic E-state index is 0.0752. The van der Waals surface area contributed by atoms with Gasteiger partial charge in [0.25, 0.3) is 0 Å². The number of rotatable bonds is 17. The molecule has 454 valence electrons. The maximum absolute atomic E-state index is 15.0. The first kappa shape index (κ1) is 65.6. The smallest absolute Gasteiger partial charge is 0.311 e. The van der Waals surface area contributed by atoms with E-state index in [1.807, 2.05) is 68.1 Å². The molecule has 6 rings (SSSR count). The van der Waals surface area contributed by atoms with Gasteiger partial charge in [0, 0.05) is 77.4 Å². The zero-order valence-corrected chi connectivity index (χ0v) is 49.7. The number of aromatic nitrogens is 3. The molecule has 0 aliphatic carbocycles. The van der Waals surface area contributed by atoms with Crippen LogP contribution in [0.25, 0.3) is 5.57 Å². The number of esters is 1. The van der Waals surface area contributed by atoms with Gasteiger partial charge >= 0.3 is 5.97 Å². The van der Waals surface area contributed by atoms with E-state index in [1.165, 1.54) is 25.8 Å². The van der Waals surface area contributed by atoms with Crippen molar-refractivity contribution < 1.29 is 77.8 Å². The Labute approximate surface area is 472 Å². The van der Waals surface area contributed by atoms with Gasteiger partial charge in [-0.15, -0.1) is 5.10 Å². The molecule has 1 amide bonds. The second-order valence-electron chi connectivity index (χ2n) is 24.1. The van der Waals surface area contributed by atoms with E-state index in [0.717, 1.165) is 16.7 Å². The number of aliphatic hydroxyl groups excluding tert-OH is 4. The van der Waals surface area contributed by atoms with Crippen molar-refractivity contribution in [3.63, 3.8) is 0 Å². The van der Waals surface area contributed by atoms with E-state index < -0.39 is 134 Å². The number of hydrogen-bond acceptors (Lipinski definition) is 19. The average molecular weight is 1140 g/mol. The lowest BCUT2D eigenvalue weighted by molar-refractivity contribution is -0.318. The van der Waals surface area contributed by atoms with Gasteiger partial charge in [0.05, 0.1) is 47.2 Å². The van der Waals surface area contributed by atoms with E-state index in [9.17, 15) is 40.2 Å². The number of nitrogens with zero attached hydrogens (tertiary/aromatic N) is 6. The Morgan fingerprint density at radius 3 is 2.27 bits per heavy atom. The fraction of sp³-hybridized carbons (Fsp3) is 0.793. The fourth-order valence-corrected chi connectivity index (χ4v) is 12.7. The molecule has 4 aliphatic rings. The second-order valence-corrected chi connectivity index (χ2v) is 24.1. The number of amides is 1. The van der Waals surface area contributed by atoms with Gasteiger partial charge in [-0.05, 0) is 111 Å². The van der Waals surface area contributed by atoms with Crippen molar-refractivity contribution in [1.29, 1.82) is 0 Å². The number of ether oxygens (including phenoxy) is 7. The van der Waals surface area contributed by atoms with E-state index in [4.69, 9.17) is 33.2 Å². The number of halogens is 1. The van der Waals surface area contributed by atoms with Crippen LogP contribution in [-0.2, 0) is 49.2 Å². The van der Waals surface area contributed by atoms with Crippen molar-refractivity contribution in [2.24, 2.45) is 17.8 Å². The van der Waals surface area contributed by atoms with Crippen molar-refractivity contribution in [2.75, 3.05) is 67.8 Å². The molecule has 1 aromatic heterocycles. The summed E-state index contributed by atoms with van der Waals surface area (Å²) in [7, 11) is 6.72. The van der Waals surface area contributed by atoms with E-state index in [2.05, 4.69) is 10.3 Å². The second kappa shape index (κ2) is 27.9. The summed E-state index contributed by atoms with van der Waals surface area (Å²) in [6.45, 7) is 17.8. The highest BCUT2D eigenvalue weighted by Gasteiger charge is 2.53. The van der Waals surface area contributed by atoms with Crippen LogP contribution >= 0.6 is 0 Å². The highest BCUT2D eigenvalue weighted by atomic mass is 19.1. The lowest BCUT2D eigenvalue weighted by atomic mass is 9.77. The number of carbonyl (C=O) groups excluding carboxylic acids is 2. The molecule has 6 N–H and O–H groups in total. The van der Waals surface area contributed by atoms with Gasteiger partial charge in [-0.25, -0.2) is 9.07 Å². The van der Waals surface area contributed by atoms with Crippen molar-refractivity contribution >= 4 is 17.4 Å². The van der Waals surface area contributed by atoms with Crippen molar-refractivity contribution in [3.05, 3.63) is 53.4 Å². The van der Waals surface area contributed by atoms with Crippen LogP contribution in [0.2, 0.25) is 0 Å². The first-order valence-electron chi connectivity index (χ1n) is 28.6. The number of aliphatic hydroxyl groups is 6. The summed E-state index contributed by atoms with van der Waals surface area (Å²) < 4.78 is 60.8. The molecule has 1 unspecified atom stereocenters. The van der Waals surface area contributed by atoms with Crippen LogP contribution < -0.4 is 0 Å². The summed E-state index contributed by atoms with van der Waals surface area (Å²) in [5.74, 6) is -3.23. The number of hydrogen-bond donors (Lipinski definition) is 6. The van der Waals surface area contributed by atoms with Crippen LogP contribution in [0, 0.1) is 17.8 Å². The third kappa shape index (κ3) is 15.0. The molecule has 22 heteroatoms. The molecule has 21 nitrogen and oxygen atoms in total. The van der Waals surface area contributed by atoms with Crippen LogP contribution in [0.3, 0.4) is 0 Å². The van der Waals surface area contributed by atoms with Gasteiger partial charge in [0.15, 0.2) is 12.6 Å². The van der Waals surface area contributed by atoms with Crippen LogP contribution in [0.15, 0.2) is 36.5 Å². The molecule has 1 aromatic carbocycles. The summed E-state index contributed by atoms with van der Waals surface area (Å²) in [5.41, 5.74) is -1.23. The summed E-state index contributed by atoms with van der Waals surface area (Å²) in [6, 6.07) is 5.76. The molecule has 2 aromatic rings. The van der Waals surface area contributed by atoms with Gasteiger partial charge < -0.3 is 78.5 Å². The molecule has 5 heterocycles. The molecule has 3 fully saturated rings. The topological polar surface area (TPSA) is 261 Å². The number of likely N-dealkylation sites (N-methyl/N-ethyl adjacent to an activating group) is 2. The number of carbonyl (C=O) groups is 2. The maximum atomic E-state index is 15.0. The Hall–Kier alpha value is -3.59. The first-order valence-corrected chi connectivity index (χ1v) is 28.6. The lowest BCUT2D eigenvalue weighted by Gasteiger charge is -2.49. The number of methoxy groups -OCH3 is 2. The molecular formula is C58H95FN6O15. The number of alkyl halides is 1. The Bertz CT molecular complexity index is 2330. The molecule has 80 heavy (non-hydrogen) atoms. The Balaban J connectivity index is 1.23. The van der Waals surface area contributed by atoms with Gasteiger partial charge in [-0.3, -0.25) is 9.59 Å². The monoisotopic (exact) mass is 1130 g/mol. The van der Waals surface area contributed by atoms with Gasteiger partial charge in [0.1, 0.15) is 55.4 Å². The highest BCUT2D eigenvalue weighted by molar-refractivity contribution is 5.79. The molecule has 20 atom stereocenters. The summed E-state index contributed by atoms with van der Waals surface area (Å²) in [5, 5.41) is 78.0. The van der Waals surface area contributed by atoms with Crippen molar-refractivity contribution in [2.45, 2.75) is 210 Å². The Kier molecular flexibility index (Phi) is 22.8. The van der Waals surface area contributed by atoms with E-state index >= 15 is 4.39 Å². The van der Waals surface area contributed by atoms with Gasteiger partial charge in [0.2, 0.25) is 5.91 Å². The van der Waals surface area contributed by atoms with Crippen LogP contribution in [-0.4, -0.2) is 230 Å². The van der Waals surface area contributed by atoms with Crippen molar-refractivity contribution in [3.8, 4) is 0 Å². The normalized spacial score (nSPS) is 38.3. The van der Waals surface area contributed by atoms with Gasteiger partial charge in [-0.2, -0.15) is 0 Å². The van der Waals surface area contributed by atoms with Crippen LogP contribution in [0.1, 0.15) is 130 Å². The Morgan fingerprint density at radius 2 is 1.68 bits per heavy atom. The summed E-state index contributed by atoms with van der Waals surface area (Å²) in [4.78, 5) is 32.0. The molecule has 3 saturated heterocycles. The molecule has 0 bridgehead atoms. The van der Waals surface area contributed by atoms with Crippen LogP contribution in [0.4, 0.5) is 4.39 Å². The lowest BCUT2D eigenvalue weighted by Crippen LogP contribution is -2.61. The third-order valence-corrected chi connectivity index (χ3v) is 17.8. The molecular weight excluding hydrogens is 1040 g/mol. The zero-order chi connectivity index (χ0) is 59.2. The molecule has 4 aliphatic heterocycles. The first-order chi connectivity index (χ1) is 37.6. The average Bonchev–Trinajstić information content (AvgIpc) is 3.94. The summed E-state index contributed by atoms with van der Waals surface area (Å²) in [6.07, 6.45) is -5.61. The largest absolute Gasteiger partial charge is 0.459 e. The van der Waals surface area contributed by atoms with E-state index in [-0.39, 0.29) is 31.1 Å². The quantitative estimate of drug-likeness (QED) is 0.124. The Morgan fingerprint density at radius 1 is 0.988 bits per heavy atom. The fourth-order valence-electron chi connectivity index (χ4n) is 12.7.